The molecule has 1 aliphatic rings. The molecule has 2 aromatic heterocycles. The van der Waals surface area contributed by atoms with Crippen molar-refractivity contribution in [3.63, 3.8) is 0 Å². The summed E-state index contributed by atoms with van der Waals surface area (Å²) in [5, 5.41) is -0.421. The number of nitrogens with zero attached hydrogens (tertiary/aromatic N) is 5. The summed E-state index contributed by atoms with van der Waals surface area (Å²) in [5.41, 5.74) is 8.27. The molecule has 3 aromatic rings. The number of aromatic nitrogens is 4. The van der Waals surface area contributed by atoms with Crippen LogP contribution in [0.3, 0.4) is 0 Å². The number of hydrogen-bond donors (Lipinski definition) is 2. The maximum absolute atomic E-state index is 12.3. The third kappa shape index (κ3) is 3.29. The lowest BCUT2D eigenvalue weighted by molar-refractivity contribution is 0.380. The molecule has 1 saturated heterocycles. The first-order valence-electron chi connectivity index (χ1n) is 9.18. The van der Waals surface area contributed by atoms with Gasteiger partial charge in [0.25, 0.3) is 0 Å². The molecule has 0 radical (unpaired) electrons. The second-order valence-electron chi connectivity index (χ2n) is 7.04. The van der Waals surface area contributed by atoms with Gasteiger partial charge >= 0.3 is 0 Å². The summed E-state index contributed by atoms with van der Waals surface area (Å²) in [4.78, 5) is 18.7. The van der Waals surface area contributed by atoms with Gasteiger partial charge < -0.3 is 15.6 Å². The topological polar surface area (TPSA) is 121 Å². The number of anilines is 2. The van der Waals surface area contributed by atoms with E-state index in [1.807, 2.05) is 29.2 Å². The van der Waals surface area contributed by atoms with Crippen LogP contribution in [0.15, 0.2) is 30.5 Å². The van der Waals surface area contributed by atoms with Gasteiger partial charge in [-0.25, -0.2) is 23.4 Å². The number of rotatable bonds is 4. The minimum atomic E-state index is -3.24. The Hall–Kier alpha value is -2.72. The number of nitrogen functional groups attached to an aromatic ring is 1. The van der Waals surface area contributed by atoms with Crippen LogP contribution in [0.25, 0.3) is 22.6 Å². The molecule has 0 amide bonds. The summed E-state index contributed by atoms with van der Waals surface area (Å²) in [7, 11) is -3.24. The zero-order valence-corrected chi connectivity index (χ0v) is 16.6. The van der Waals surface area contributed by atoms with Crippen LogP contribution >= 0.6 is 0 Å². The highest BCUT2D eigenvalue weighted by atomic mass is 32.2. The van der Waals surface area contributed by atoms with Crippen molar-refractivity contribution in [2.24, 2.45) is 0 Å². The van der Waals surface area contributed by atoms with Gasteiger partial charge in [-0.15, -0.1) is 0 Å². The minimum Gasteiger partial charge on any atom is -0.382 e. The molecular formula is C18H27N7O2S. The van der Waals surface area contributed by atoms with E-state index in [1.165, 1.54) is 0 Å². The van der Waals surface area contributed by atoms with Crippen LogP contribution in [0.1, 0.15) is 16.7 Å². The molecule has 0 aliphatic carbocycles. The highest BCUT2D eigenvalue weighted by Crippen LogP contribution is 2.25. The van der Waals surface area contributed by atoms with Crippen molar-refractivity contribution >= 4 is 32.7 Å². The molecule has 1 aromatic carbocycles. The second-order valence-corrected chi connectivity index (χ2v) is 9.53. The van der Waals surface area contributed by atoms with E-state index in [0.717, 1.165) is 11.0 Å². The second kappa shape index (κ2) is 7.02. The molecule has 28 heavy (non-hydrogen) atoms. The maximum Gasteiger partial charge on any atom is 0.216 e. The fraction of sp³-hybridized carbons (Fsp3) is 0.389. The van der Waals surface area contributed by atoms with Gasteiger partial charge in [0.05, 0.1) is 22.5 Å². The first kappa shape index (κ1) is 18.6. The highest BCUT2D eigenvalue weighted by molar-refractivity contribution is 7.89. The molecule has 3 N–H and O–H groups in total. The molecule has 152 valence electrons. The van der Waals surface area contributed by atoms with Crippen molar-refractivity contribution in [1.29, 1.82) is 0 Å². The molecular weight excluding hydrogens is 378 g/mol. The Labute approximate surface area is 166 Å². The number of sulfonamides is 1. The number of imidazole rings is 1. The quantitative estimate of drug-likeness (QED) is 0.680. The lowest BCUT2D eigenvalue weighted by Gasteiger charge is -2.35. The van der Waals surface area contributed by atoms with Crippen LogP contribution in [0, 0.1) is 0 Å². The fourth-order valence-electron chi connectivity index (χ4n) is 3.25. The van der Waals surface area contributed by atoms with Crippen LogP contribution in [0.4, 0.5) is 11.6 Å². The predicted octanol–water partition coefficient (Wildman–Crippen LogP) is 1.95. The summed E-state index contributed by atoms with van der Waals surface area (Å²) in [5.74, 6) is 1.52. The van der Waals surface area contributed by atoms with Crippen LogP contribution < -0.4 is 10.6 Å². The Kier molecular flexibility index (Phi) is 4.68. The van der Waals surface area contributed by atoms with Gasteiger partial charge in [0.15, 0.2) is 17.3 Å². The summed E-state index contributed by atoms with van der Waals surface area (Å²) in [6, 6.07) is 7.70. The molecule has 0 unspecified atom stereocenters. The van der Waals surface area contributed by atoms with Crippen LogP contribution in [-0.2, 0) is 10.0 Å². The van der Waals surface area contributed by atoms with Crippen molar-refractivity contribution in [3.05, 3.63) is 30.5 Å². The zero-order valence-electron chi connectivity index (χ0n) is 15.8. The number of para-hydroxylation sites is 2. The minimum absolute atomic E-state index is 0. The van der Waals surface area contributed by atoms with Crippen molar-refractivity contribution in [3.8, 4) is 11.5 Å². The largest absolute Gasteiger partial charge is 0.382 e. The SMILES string of the molecule is CC(C)S(=O)(=O)N1CCN(c2cnc(N)c(-c3nc4ccccc4[nH]3)n2)CC1.[HH].[HH]. The number of hydrogen-bond acceptors (Lipinski definition) is 7. The average Bonchev–Trinajstić information content (AvgIpc) is 3.12. The van der Waals surface area contributed by atoms with Crippen LogP contribution in [0.2, 0.25) is 0 Å². The summed E-state index contributed by atoms with van der Waals surface area (Å²) in [6.45, 7) is 5.34. The van der Waals surface area contributed by atoms with Gasteiger partial charge in [-0.3, -0.25) is 0 Å². The fourth-order valence-corrected chi connectivity index (χ4v) is 4.52. The lowest BCUT2D eigenvalue weighted by Crippen LogP contribution is -2.50. The number of fused-ring (bicyclic) bond motifs is 1. The summed E-state index contributed by atoms with van der Waals surface area (Å²) >= 11 is 0. The first-order chi connectivity index (χ1) is 13.4. The molecule has 10 heteroatoms. The molecule has 0 atom stereocenters. The van der Waals surface area contributed by atoms with Crippen molar-refractivity contribution in [2.75, 3.05) is 36.8 Å². The Morgan fingerprint density at radius 2 is 1.86 bits per heavy atom. The van der Waals surface area contributed by atoms with Gasteiger partial charge in [0, 0.05) is 29.0 Å². The molecule has 4 rings (SSSR count). The van der Waals surface area contributed by atoms with E-state index in [2.05, 4.69) is 19.9 Å². The number of aromatic amines is 1. The molecule has 0 bridgehead atoms. The van der Waals surface area contributed by atoms with Gasteiger partial charge in [0.1, 0.15) is 5.82 Å². The Balaban J connectivity index is 0.00000160. The molecule has 1 aliphatic heterocycles. The van der Waals surface area contributed by atoms with E-state index in [4.69, 9.17) is 5.73 Å². The van der Waals surface area contributed by atoms with Gasteiger partial charge in [-0.05, 0) is 26.0 Å². The van der Waals surface area contributed by atoms with Crippen LogP contribution in [-0.4, -0.2) is 64.1 Å². The lowest BCUT2D eigenvalue weighted by atomic mass is 10.3. The zero-order chi connectivity index (χ0) is 19.9. The maximum atomic E-state index is 12.3. The monoisotopic (exact) mass is 405 g/mol. The van der Waals surface area contributed by atoms with E-state index < -0.39 is 15.3 Å². The molecule has 0 spiro atoms. The van der Waals surface area contributed by atoms with E-state index in [1.54, 1.807) is 24.3 Å². The van der Waals surface area contributed by atoms with Gasteiger partial charge in [-0.1, -0.05) is 12.1 Å². The Morgan fingerprint density at radius 3 is 2.54 bits per heavy atom. The molecule has 9 nitrogen and oxygen atoms in total. The Morgan fingerprint density at radius 1 is 1.14 bits per heavy atom. The molecule has 1 fully saturated rings. The molecule has 3 heterocycles. The smallest absolute Gasteiger partial charge is 0.216 e. The normalized spacial score (nSPS) is 16.2. The van der Waals surface area contributed by atoms with Crippen LogP contribution in [0.5, 0.6) is 0 Å². The molecule has 0 saturated carbocycles. The number of H-pyrrole nitrogens is 1. The van der Waals surface area contributed by atoms with E-state index in [-0.39, 0.29) is 2.85 Å². The van der Waals surface area contributed by atoms with Gasteiger partial charge in [0.2, 0.25) is 10.0 Å². The number of piperazine rings is 1. The first-order valence-corrected chi connectivity index (χ1v) is 10.7. The van der Waals surface area contributed by atoms with Crippen molar-refractivity contribution < 1.29 is 11.3 Å². The standard InChI is InChI=1S/C18H23N7O2S.2H2/c1-12(2)28(26,27)25-9-7-24(8-10-25)15-11-20-17(19)16(23-15)18-21-13-5-3-4-6-14(13)22-18;;/h3-6,11-12H,7-10H2,1-2H3,(H2,19,20)(H,21,22);2*1H. The summed E-state index contributed by atoms with van der Waals surface area (Å²) in [6.07, 6.45) is 1.62. The number of nitrogens with two attached hydrogens (primary N) is 1. The third-order valence-electron chi connectivity index (χ3n) is 4.92. The summed E-state index contributed by atoms with van der Waals surface area (Å²) < 4.78 is 26.2. The van der Waals surface area contributed by atoms with Crippen molar-refractivity contribution in [1.82, 2.24) is 24.2 Å². The number of nitrogens with one attached hydrogen (secondary N) is 1. The highest BCUT2D eigenvalue weighted by Gasteiger charge is 2.30. The van der Waals surface area contributed by atoms with E-state index >= 15 is 0 Å². The predicted molar refractivity (Wildman–Crippen MR) is 114 cm³/mol. The third-order valence-corrected chi connectivity index (χ3v) is 7.20. The number of benzene rings is 1. The van der Waals surface area contributed by atoms with Crippen molar-refractivity contribution in [2.45, 2.75) is 19.1 Å². The van der Waals surface area contributed by atoms with E-state index in [9.17, 15) is 8.42 Å². The average molecular weight is 406 g/mol. The van der Waals surface area contributed by atoms with E-state index in [0.29, 0.717) is 49.3 Å². The Bertz CT molecular complexity index is 1080. The van der Waals surface area contributed by atoms with Gasteiger partial charge in [-0.2, -0.15) is 4.31 Å².